The standard InChI is InChI=1S/C12H23NO/c1-9(2)7-8-13(12-5-6-12)10(3)11(4)14/h9-10,12H,5-8H2,1-4H3. The number of ketones is 1. The third kappa shape index (κ3) is 3.41. The van der Waals surface area contributed by atoms with Gasteiger partial charge >= 0.3 is 0 Å². The SMILES string of the molecule is CC(=O)C(C)N(CCC(C)C)C1CC1. The smallest absolute Gasteiger partial charge is 0.146 e. The predicted octanol–water partition coefficient (Wildman–Crippen LogP) is 2.47. The molecule has 0 N–H and O–H groups in total. The van der Waals surface area contributed by atoms with Crippen molar-refractivity contribution in [2.45, 2.75) is 59.0 Å². The molecule has 14 heavy (non-hydrogen) atoms. The molecule has 0 aromatic heterocycles. The molecule has 0 radical (unpaired) electrons. The van der Waals surface area contributed by atoms with Crippen LogP contribution < -0.4 is 0 Å². The largest absolute Gasteiger partial charge is 0.298 e. The molecule has 0 aliphatic heterocycles. The molecule has 0 heterocycles. The summed E-state index contributed by atoms with van der Waals surface area (Å²) in [5.74, 6) is 1.04. The normalized spacial score (nSPS) is 19.0. The third-order valence-electron chi connectivity index (χ3n) is 3.07. The Hall–Kier alpha value is -0.370. The first kappa shape index (κ1) is 11.7. The lowest BCUT2D eigenvalue weighted by Gasteiger charge is -2.27. The Kier molecular flexibility index (Phi) is 4.11. The van der Waals surface area contributed by atoms with Gasteiger partial charge < -0.3 is 0 Å². The van der Waals surface area contributed by atoms with Crippen LogP contribution in [-0.4, -0.2) is 29.3 Å². The van der Waals surface area contributed by atoms with Crippen LogP contribution in [0.25, 0.3) is 0 Å². The maximum atomic E-state index is 11.3. The lowest BCUT2D eigenvalue weighted by Crippen LogP contribution is -2.40. The second kappa shape index (κ2) is 4.92. The van der Waals surface area contributed by atoms with Gasteiger partial charge in [0.05, 0.1) is 6.04 Å². The molecule has 0 saturated heterocycles. The monoisotopic (exact) mass is 197 g/mol. The fourth-order valence-electron chi connectivity index (χ4n) is 1.74. The maximum Gasteiger partial charge on any atom is 0.146 e. The average molecular weight is 197 g/mol. The van der Waals surface area contributed by atoms with Crippen molar-refractivity contribution < 1.29 is 4.79 Å². The summed E-state index contributed by atoms with van der Waals surface area (Å²) < 4.78 is 0. The van der Waals surface area contributed by atoms with Gasteiger partial charge in [0.15, 0.2) is 0 Å². The van der Waals surface area contributed by atoms with Crippen LogP contribution in [0.3, 0.4) is 0 Å². The van der Waals surface area contributed by atoms with E-state index in [1.54, 1.807) is 6.92 Å². The number of hydrogen-bond acceptors (Lipinski definition) is 2. The maximum absolute atomic E-state index is 11.3. The summed E-state index contributed by atoms with van der Waals surface area (Å²) in [6, 6.07) is 0.828. The molecule has 82 valence electrons. The summed E-state index contributed by atoms with van der Waals surface area (Å²) >= 11 is 0. The van der Waals surface area contributed by atoms with Crippen molar-refractivity contribution in [3.63, 3.8) is 0 Å². The summed E-state index contributed by atoms with van der Waals surface area (Å²) in [6.45, 7) is 9.31. The number of Topliss-reactive ketones (excluding diaryl/α,β-unsaturated/α-hetero) is 1. The molecule has 2 nitrogen and oxygen atoms in total. The summed E-state index contributed by atoms with van der Waals surface area (Å²) in [4.78, 5) is 13.7. The van der Waals surface area contributed by atoms with E-state index in [1.165, 1.54) is 19.3 Å². The Morgan fingerprint density at radius 2 is 1.93 bits per heavy atom. The van der Waals surface area contributed by atoms with Gasteiger partial charge in [-0.05, 0) is 45.6 Å². The Labute approximate surface area is 87.7 Å². The van der Waals surface area contributed by atoms with E-state index >= 15 is 0 Å². The Balaban J connectivity index is 2.42. The number of nitrogens with zero attached hydrogens (tertiary/aromatic N) is 1. The van der Waals surface area contributed by atoms with Gasteiger partial charge in [-0.3, -0.25) is 9.69 Å². The van der Waals surface area contributed by atoms with E-state index in [0.717, 1.165) is 12.5 Å². The van der Waals surface area contributed by atoms with Gasteiger partial charge in [0.25, 0.3) is 0 Å². The molecule has 1 rings (SSSR count). The molecule has 1 aliphatic carbocycles. The van der Waals surface area contributed by atoms with Crippen molar-refractivity contribution in [1.82, 2.24) is 4.90 Å². The number of carbonyl (C=O) groups is 1. The van der Waals surface area contributed by atoms with Crippen LogP contribution in [0.5, 0.6) is 0 Å². The van der Waals surface area contributed by atoms with E-state index in [-0.39, 0.29) is 6.04 Å². The molecule has 0 aromatic carbocycles. The van der Waals surface area contributed by atoms with Crippen LogP contribution >= 0.6 is 0 Å². The Bertz CT molecular complexity index is 196. The zero-order valence-electron chi connectivity index (χ0n) is 9.92. The van der Waals surface area contributed by atoms with E-state index in [1.807, 2.05) is 6.92 Å². The fraction of sp³-hybridized carbons (Fsp3) is 0.917. The van der Waals surface area contributed by atoms with E-state index < -0.39 is 0 Å². The van der Waals surface area contributed by atoms with Crippen molar-refractivity contribution in [2.75, 3.05) is 6.54 Å². The van der Waals surface area contributed by atoms with Crippen molar-refractivity contribution >= 4 is 5.78 Å². The topological polar surface area (TPSA) is 20.3 Å². The van der Waals surface area contributed by atoms with Crippen LogP contribution in [0.15, 0.2) is 0 Å². The highest BCUT2D eigenvalue weighted by atomic mass is 16.1. The summed E-state index contributed by atoms with van der Waals surface area (Å²) in [5.41, 5.74) is 0. The van der Waals surface area contributed by atoms with Crippen molar-refractivity contribution in [1.29, 1.82) is 0 Å². The number of hydrogen-bond donors (Lipinski definition) is 0. The first-order valence-electron chi connectivity index (χ1n) is 5.78. The van der Waals surface area contributed by atoms with E-state index in [0.29, 0.717) is 11.8 Å². The Morgan fingerprint density at radius 1 is 1.36 bits per heavy atom. The van der Waals surface area contributed by atoms with Crippen LogP contribution in [0.1, 0.15) is 47.0 Å². The highest BCUT2D eigenvalue weighted by Gasteiger charge is 2.33. The summed E-state index contributed by atoms with van der Waals surface area (Å²) in [5, 5.41) is 0. The lowest BCUT2D eigenvalue weighted by atomic mass is 10.1. The van der Waals surface area contributed by atoms with Gasteiger partial charge in [0.2, 0.25) is 0 Å². The minimum absolute atomic E-state index is 0.126. The second-order valence-electron chi connectivity index (χ2n) is 4.94. The predicted molar refractivity (Wildman–Crippen MR) is 59.3 cm³/mol. The molecule has 1 aliphatic rings. The van der Waals surface area contributed by atoms with Crippen LogP contribution in [0, 0.1) is 5.92 Å². The number of rotatable bonds is 6. The average Bonchev–Trinajstić information content (AvgIpc) is 2.87. The van der Waals surface area contributed by atoms with Crippen LogP contribution in [0.2, 0.25) is 0 Å². The first-order valence-corrected chi connectivity index (χ1v) is 5.78. The molecular weight excluding hydrogens is 174 g/mol. The van der Waals surface area contributed by atoms with Gasteiger partial charge in [0.1, 0.15) is 5.78 Å². The molecule has 1 atom stereocenters. The van der Waals surface area contributed by atoms with Crippen molar-refractivity contribution in [3.05, 3.63) is 0 Å². The second-order valence-corrected chi connectivity index (χ2v) is 4.94. The van der Waals surface area contributed by atoms with Gasteiger partial charge in [-0.1, -0.05) is 13.8 Å². The number of carbonyl (C=O) groups excluding carboxylic acids is 1. The quantitative estimate of drug-likeness (QED) is 0.652. The molecule has 1 fully saturated rings. The minimum atomic E-state index is 0.126. The lowest BCUT2D eigenvalue weighted by molar-refractivity contribution is -0.121. The zero-order chi connectivity index (χ0) is 10.7. The molecule has 0 amide bonds. The third-order valence-corrected chi connectivity index (χ3v) is 3.07. The van der Waals surface area contributed by atoms with E-state index in [9.17, 15) is 4.79 Å². The molecule has 2 heteroatoms. The van der Waals surface area contributed by atoms with Crippen LogP contribution in [-0.2, 0) is 4.79 Å². The van der Waals surface area contributed by atoms with E-state index in [4.69, 9.17) is 0 Å². The molecule has 0 aromatic rings. The fourth-order valence-corrected chi connectivity index (χ4v) is 1.74. The van der Waals surface area contributed by atoms with Gasteiger partial charge in [-0.25, -0.2) is 0 Å². The Morgan fingerprint density at radius 3 is 2.29 bits per heavy atom. The molecule has 0 spiro atoms. The molecular formula is C12H23NO. The minimum Gasteiger partial charge on any atom is -0.298 e. The highest BCUT2D eigenvalue weighted by molar-refractivity contribution is 5.81. The van der Waals surface area contributed by atoms with Crippen molar-refractivity contribution in [2.24, 2.45) is 5.92 Å². The van der Waals surface area contributed by atoms with Gasteiger partial charge in [0, 0.05) is 6.04 Å². The van der Waals surface area contributed by atoms with Crippen molar-refractivity contribution in [3.8, 4) is 0 Å². The molecule has 1 unspecified atom stereocenters. The summed E-state index contributed by atoms with van der Waals surface area (Å²) in [7, 11) is 0. The highest BCUT2D eigenvalue weighted by Crippen LogP contribution is 2.29. The molecule has 0 bridgehead atoms. The van der Waals surface area contributed by atoms with Crippen LogP contribution in [0.4, 0.5) is 0 Å². The van der Waals surface area contributed by atoms with Gasteiger partial charge in [-0.2, -0.15) is 0 Å². The summed E-state index contributed by atoms with van der Waals surface area (Å²) in [6.07, 6.45) is 3.78. The van der Waals surface area contributed by atoms with E-state index in [2.05, 4.69) is 18.7 Å². The zero-order valence-corrected chi connectivity index (χ0v) is 9.92. The molecule has 1 saturated carbocycles. The van der Waals surface area contributed by atoms with Gasteiger partial charge in [-0.15, -0.1) is 0 Å². The first-order chi connectivity index (χ1) is 6.52.